The SMILES string of the molecule is O=C(/C=C1\CCCOc2cc(C(F)(F)F)ccc21)Nc1cccc2c1CCC(=O)N2CCO.O=C(/C=C1\CCCOc2cc(C(F)(F)F)ccc21)Nc1cccc2c1NCC(=O)N2.O=C(/C=C1\CCCOc2cc(C(F)(F)F)ccc21)Nc1cccc2c1OCC(=O)N2. The third kappa shape index (κ3) is 16.1. The van der Waals surface area contributed by atoms with Gasteiger partial charge in [-0.25, -0.2) is 0 Å². The van der Waals surface area contributed by atoms with Gasteiger partial charge in [0.1, 0.15) is 17.2 Å². The summed E-state index contributed by atoms with van der Waals surface area (Å²) in [6, 6.07) is 25.1. The third-order valence-corrected chi connectivity index (χ3v) is 15.3. The molecule has 0 radical (unpaired) electrons. The van der Waals surface area contributed by atoms with Gasteiger partial charge in [0.25, 0.3) is 5.91 Å². The molecule has 0 aliphatic carbocycles. The number of aliphatic hydroxyl groups excluding tert-OH is 1. The first-order valence-electron chi connectivity index (χ1n) is 29.2. The van der Waals surface area contributed by atoms with Gasteiger partial charge in [0, 0.05) is 59.3 Å². The number of hydrogen-bond acceptors (Lipinski definition) is 12. The highest BCUT2D eigenvalue weighted by Gasteiger charge is 2.35. The van der Waals surface area contributed by atoms with Gasteiger partial charge in [-0.1, -0.05) is 36.4 Å². The van der Waals surface area contributed by atoms with Gasteiger partial charge in [-0.05, 0) is 140 Å². The summed E-state index contributed by atoms with van der Waals surface area (Å²) in [5.74, 6) is -1.20. The van der Waals surface area contributed by atoms with Crippen molar-refractivity contribution in [1.29, 1.82) is 0 Å². The van der Waals surface area contributed by atoms with Crippen LogP contribution in [0.5, 0.6) is 23.0 Å². The predicted octanol–water partition coefficient (Wildman–Crippen LogP) is 12.7. The molecule has 6 heterocycles. The number of allylic oxidation sites excluding steroid dienone is 3. The molecule has 0 unspecified atom stereocenters. The molecule has 0 saturated carbocycles. The first-order valence-corrected chi connectivity index (χ1v) is 29.2. The van der Waals surface area contributed by atoms with Crippen LogP contribution >= 0.6 is 0 Å². The number of carbonyl (C=O) groups is 6. The Morgan fingerprint density at radius 3 is 1.45 bits per heavy atom. The molecule has 6 aromatic rings. The van der Waals surface area contributed by atoms with Crippen molar-refractivity contribution >= 4 is 92.0 Å². The Balaban J connectivity index is 0.000000153. The summed E-state index contributed by atoms with van der Waals surface area (Å²) in [6.07, 6.45) is -5.44. The smallest absolute Gasteiger partial charge is 0.416 e. The molecule has 6 amide bonds. The minimum atomic E-state index is -4.48. The second-order valence-corrected chi connectivity index (χ2v) is 21.7. The van der Waals surface area contributed by atoms with Gasteiger partial charge in [0.05, 0.1) is 78.1 Å². The molecule has 12 rings (SSSR count). The third-order valence-electron chi connectivity index (χ3n) is 15.3. The van der Waals surface area contributed by atoms with E-state index in [2.05, 4.69) is 31.9 Å². The predicted molar refractivity (Wildman–Crippen MR) is 327 cm³/mol. The van der Waals surface area contributed by atoms with E-state index in [1.807, 2.05) is 0 Å². The fraction of sp³-hybridized carbons (Fsp3) is 0.273. The molecule has 93 heavy (non-hydrogen) atoms. The number of rotatable bonds is 8. The minimum absolute atomic E-state index is 0.0876. The molecule has 6 aliphatic heterocycles. The number of benzene rings is 6. The van der Waals surface area contributed by atoms with E-state index in [1.165, 1.54) is 41.3 Å². The van der Waals surface area contributed by atoms with Crippen LogP contribution < -0.4 is 55.7 Å². The normalized spacial score (nSPS) is 17.1. The molecule has 0 atom stereocenters. The van der Waals surface area contributed by atoms with Crippen LogP contribution in [0.4, 0.5) is 79.3 Å². The van der Waals surface area contributed by atoms with E-state index in [1.54, 1.807) is 54.6 Å². The Bertz CT molecular complexity index is 3850. The van der Waals surface area contributed by atoms with Gasteiger partial charge in [-0.3, -0.25) is 28.8 Å². The molecule has 27 heteroatoms. The first-order chi connectivity index (χ1) is 44.4. The van der Waals surface area contributed by atoms with Crippen molar-refractivity contribution in [2.75, 3.05) is 82.9 Å². The second-order valence-electron chi connectivity index (χ2n) is 21.7. The maximum atomic E-state index is 13.1. The van der Waals surface area contributed by atoms with E-state index < -0.39 is 52.9 Å². The molecule has 486 valence electrons. The van der Waals surface area contributed by atoms with Crippen LogP contribution in [0.25, 0.3) is 16.7 Å². The molecule has 0 fully saturated rings. The lowest BCUT2D eigenvalue weighted by molar-refractivity contribution is -0.138. The van der Waals surface area contributed by atoms with Crippen LogP contribution in [0.15, 0.2) is 127 Å². The van der Waals surface area contributed by atoms with Gasteiger partial charge in [0.15, 0.2) is 12.4 Å². The molecule has 18 nitrogen and oxygen atoms in total. The quantitative estimate of drug-likeness (QED) is 0.0557. The zero-order chi connectivity index (χ0) is 66.2. The van der Waals surface area contributed by atoms with Crippen LogP contribution in [0.1, 0.15) is 83.9 Å². The summed E-state index contributed by atoms with van der Waals surface area (Å²) in [7, 11) is 0. The Hall–Kier alpha value is -10.3. The fourth-order valence-electron chi connectivity index (χ4n) is 11.0. The van der Waals surface area contributed by atoms with Crippen molar-refractivity contribution in [3.8, 4) is 23.0 Å². The zero-order valence-corrected chi connectivity index (χ0v) is 49.1. The number of amides is 6. The standard InChI is InChI=1S/C24H23F3N2O4.C21H18F3N3O3.C21H17F3N2O4/c25-24(26,27)16-6-7-17-15(3-2-12-33-21(17)14-16)13-22(31)28-19-4-1-5-20-18(19)8-9-23(32)29(20)10-11-30;22-21(23,24)13-6-7-14-12(3-2-8-30-17(14)10-13)9-18(28)26-15-4-1-5-16-20(15)25-11-19(29)27-16;22-21(23,24)13-6-7-14-12(3-2-8-29-17(14)10-13)9-18(27)25-15-4-1-5-16-20(15)30-11-19(28)26-16/h1,4-7,13-14,30H,2-3,8-12H2,(H,28,31);1,4-7,9-10,25H,2-3,8,11H2,(H,26,28)(H,27,29);1,4-7,9-10H,2-3,8,11H2,(H,25,27)(H,26,28)/b15-13+;2*12-9+. The molecule has 0 aromatic heterocycles. The van der Waals surface area contributed by atoms with Crippen molar-refractivity contribution in [1.82, 2.24) is 0 Å². The van der Waals surface area contributed by atoms with Gasteiger partial charge >= 0.3 is 18.5 Å². The van der Waals surface area contributed by atoms with Crippen LogP contribution in [-0.4, -0.2) is 86.7 Å². The van der Waals surface area contributed by atoms with Gasteiger partial charge in [0.2, 0.25) is 29.5 Å². The topological polar surface area (TPSA) is 235 Å². The highest BCUT2D eigenvalue weighted by atomic mass is 19.4. The van der Waals surface area contributed by atoms with E-state index in [-0.39, 0.29) is 87.5 Å². The minimum Gasteiger partial charge on any atom is -0.493 e. The number of para-hydroxylation sites is 2. The molecule has 7 N–H and O–H groups in total. The highest BCUT2D eigenvalue weighted by molar-refractivity contribution is 6.11. The lowest BCUT2D eigenvalue weighted by Crippen LogP contribution is -2.37. The number of aliphatic hydroxyl groups is 1. The summed E-state index contributed by atoms with van der Waals surface area (Å²) in [5.41, 5.74) is 5.25. The molecule has 0 spiro atoms. The molecular weight excluding hydrogens is 1240 g/mol. The molecule has 6 aliphatic rings. The summed E-state index contributed by atoms with van der Waals surface area (Å²) < 4.78 is 139. The van der Waals surface area contributed by atoms with E-state index in [0.717, 1.165) is 42.0 Å². The maximum absolute atomic E-state index is 13.1. The lowest BCUT2D eigenvalue weighted by Gasteiger charge is -2.30. The van der Waals surface area contributed by atoms with Crippen LogP contribution in [-0.2, 0) is 53.7 Å². The number of anilines is 7. The first kappa shape index (κ1) is 65.6. The van der Waals surface area contributed by atoms with E-state index in [9.17, 15) is 73.4 Å². The number of nitrogens with zero attached hydrogens (tertiary/aromatic N) is 1. The second kappa shape index (κ2) is 28.1. The number of fused-ring (bicyclic) bond motifs is 6. The monoisotopic (exact) mass is 1300 g/mol. The lowest BCUT2D eigenvalue weighted by atomic mass is 9.98. The Morgan fingerprint density at radius 2 is 0.957 bits per heavy atom. The number of β-amino-alcohol motifs (C(OH)–C–C–N with tert-alkyl or cyclic N) is 1. The van der Waals surface area contributed by atoms with Gasteiger partial charge in [-0.15, -0.1) is 0 Å². The summed E-state index contributed by atoms with van der Waals surface area (Å²) in [6.45, 7) is 0.708. The summed E-state index contributed by atoms with van der Waals surface area (Å²) in [5, 5.41) is 25.9. The van der Waals surface area contributed by atoms with Crippen molar-refractivity contribution in [2.24, 2.45) is 0 Å². The average molecular weight is 1300 g/mol. The van der Waals surface area contributed by atoms with Crippen molar-refractivity contribution in [2.45, 2.75) is 69.9 Å². The van der Waals surface area contributed by atoms with Crippen LogP contribution in [0, 0.1) is 0 Å². The molecule has 6 aromatic carbocycles. The zero-order valence-electron chi connectivity index (χ0n) is 49.1. The summed E-state index contributed by atoms with van der Waals surface area (Å²) in [4.78, 5) is 74.8. The van der Waals surface area contributed by atoms with Gasteiger partial charge < -0.3 is 60.9 Å². The van der Waals surface area contributed by atoms with E-state index in [4.69, 9.17) is 18.9 Å². The fourth-order valence-corrected chi connectivity index (χ4v) is 11.0. The van der Waals surface area contributed by atoms with Crippen LogP contribution in [0.3, 0.4) is 0 Å². The largest absolute Gasteiger partial charge is 0.493 e. The molecule has 0 saturated heterocycles. The molecule has 0 bridgehead atoms. The Morgan fingerprint density at radius 1 is 0.516 bits per heavy atom. The molecular formula is C66H58F9N7O11. The average Bonchev–Trinajstić information content (AvgIpc) is 1.46. The Kier molecular flexibility index (Phi) is 19.8. The van der Waals surface area contributed by atoms with Crippen molar-refractivity contribution in [3.05, 3.63) is 166 Å². The van der Waals surface area contributed by atoms with E-state index in [0.29, 0.717) is 124 Å². The number of hydrogen-bond donors (Lipinski definition) is 7. The van der Waals surface area contributed by atoms with Gasteiger partial charge in [-0.2, -0.15) is 39.5 Å². The number of nitrogens with one attached hydrogen (secondary N) is 6. The number of alkyl halides is 9. The van der Waals surface area contributed by atoms with E-state index >= 15 is 0 Å². The van der Waals surface area contributed by atoms with Crippen LogP contribution in [0.2, 0.25) is 0 Å². The van der Waals surface area contributed by atoms with Crippen molar-refractivity contribution < 1.29 is 92.3 Å². The number of carbonyl (C=O) groups excluding carboxylic acids is 6. The Labute approximate surface area is 524 Å². The highest BCUT2D eigenvalue weighted by Crippen LogP contribution is 2.43. The maximum Gasteiger partial charge on any atom is 0.416 e. The summed E-state index contributed by atoms with van der Waals surface area (Å²) >= 11 is 0. The van der Waals surface area contributed by atoms with Crippen molar-refractivity contribution in [3.63, 3.8) is 0 Å². The number of halogens is 9. The number of ether oxygens (including phenoxy) is 4.